The highest BCUT2D eigenvalue weighted by Crippen LogP contribution is 2.33. The Morgan fingerprint density at radius 1 is 1.50 bits per heavy atom. The molecule has 0 spiro atoms. The highest BCUT2D eigenvalue weighted by atomic mass is 32.2. The summed E-state index contributed by atoms with van der Waals surface area (Å²) < 4.78 is 37.3. The van der Waals surface area contributed by atoms with E-state index >= 15 is 0 Å². The molecule has 1 aromatic heterocycles. The first kappa shape index (κ1) is 13.3. The molecule has 0 radical (unpaired) electrons. The molecule has 1 N–H and O–H groups in total. The Labute approximate surface area is 106 Å². The summed E-state index contributed by atoms with van der Waals surface area (Å²) in [5, 5.41) is 2.64. The van der Waals surface area contributed by atoms with Gasteiger partial charge < -0.3 is 9.88 Å². The summed E-state index contributed by atoms with van der Waals surface area (Å²) in [7, 11) is 0. The fourth-order valence-electron chi connectivity index (χ4n) is 1.52. The van der Waals surface area contributed by atoms with E-state index in [0.717, 1.165) is 12.8 Å². The molecule has 1 fully saturated rings. The molecule has 18 heavy (non-hydrogen) atoms. The molecule has 1 saturated carbocycles. The second-order valence-corrected chi connectivity index (χ2v) is 5.10. The van der Waals surface area contributed by atoms with Gasteiger partial charge in [0.25, 0.3) is 5.56 Å². The maximum atomic E-state index is 11.9. The van der Waals surface area contributed by atoms with Gasteiger partial charge in [-0.1, -0.05) is 0 Å². The van der Waals surface area contributed by atoms with Crippen LogP contribution in [0, 0.1) is 0 Å². The molecular formula is C10H12F3N3OS. The first-order valence-electron chi connectivity index (χ1n) is 5.49. The summed E-state index contributed by atoms with van der Waals surface area (Å²) in [5.41, 5.74) is -4.50. The Bertz CT molecular complexity index is 470. The van der Waals surface area contributed by atoms with Gasteiger partial charge in [-0.05, 0) is 24.6 Å². The molecule has 1 heterocycles. The summed E-state index contributed by atoms with van der Waals surface area (Å²) >= 11 is -0.118. The number of rotatable bonds is 5. The Morgan fingerprint density at radius 3 is 2.83 bits per heavy atom. The van der Waals surface area contributed by atoms with Crippen LogP contribution in [0.4, 0.5) is 19.0 Å². The molecule has 100 valence electrons. The van der Waals surface area contributed by atoms with Gasteiger partial charge >= 0.3 is 5.51 Å². The molecule has 2 rings (SSSR count). The van der Waals surface area contributed by atoms with Gasteiger partial charge in [0.2, 0.25) is 0 Å². The van der Waals surface area contributed by atoms with Crippen molar-refractivity contribution < 1.29 is 13.2 Å². The fourth-order valence-corrected chi connectivity index (χ4v) is 1.96. The van der Waals surface area contributed by atoms with Crippen molar-refractivity contribution in [2.24, 2.45) is 0 Å². The van der Waals surface area contributed by atoms with Crippen LogP contribution in [0.5, 0.6) is 0 Å². The molecule has 8 heteroatoms. The van der Waals surface area contributed by atoms with Crippen molar-refractivity contribution in [1.82, 2.24) is 9.55 Å². The van der Waals surface area contributed by atoms with E-state index in [1.807, 2.05) is 0 Å². The lowest BCUT2D eigenvalue weighted by Crippen LogP contribution is -2.24. The third kappa shape index (κ3) is 3.66. The van der Waals surface area contributed by atoms with Crippen molar-refractivity contribution in [2.75, 3.05) is 17.6 Å². The Balaban J connectivity index is 1.90. The van der Waals surface area contributed by atoms with Crippen LogP contribution in [-0.4, -0.2) is 27.4 Å². The summed E-state index contributed by atoms with van der Waals surface area (Å²) in [6.45, 7) is 0.0566. The number of thioether (sulfide) groups is 1. The topological polar surface area (TPSA) is 46.9 Å². The first-order valence-corrected chi connectivity index (χ1v) is 6.47. The summed E-state index contributed by atoms with van der Waals surface area (Å²) in [4.78, 5) is 15.7. The molecule has 1 aromatic rings. The van der Waals surface area contributed by atoms with Crippen LogP contribution in [0.25, 0.3) is 0 Å². The van der Waals surface area contributed by atoms with Crippen molar-refractivity contribution in [1.29, 1.82) is 0 Å². The van der Waals surface area contributed by atoms with Gasteiger partial charge in [0.15, 0.2) is 5.82 Å². The zero-order valence-corrected chi connectivity index (χ0v) is 10.2. The minimum Gasteiger partial charge on any atom is -0.365 e. The normalized spacial score (nSPS) is 15.7. The Morgan fingerprint density at radius 2 is 2.22 bits per heavy atom. The highest BCUT2D eigenvalue weighted by Gasteiger charge is 2.27. The van der Waals surface area contributed by atoms with Gasteiger partial charge in [0, 0.05) is 30.7 Å². The predicted molar refractivity (Wildman–Crippen MR) is 63.8 cm³/mol. The lowest BCUT2D eigenvalue weighted by Gasteiger charge is -2.08. The van der Waals surface area contributed by atoms with Crippen molar-refractivity contribution in [3.05, 3.63) is 22.7 Å². The molecule has 1 aliphatic carbocycles. The summed E-state index contributed by atoms with van der Waals surface area (Å²) in [5.74, 6) is -0.0321. The highest BCUT2D eigenvalue weighted by molar-refractivity contribution is 8.00. The van der Waals surface area contributed by atoms with Crippen LogP contribution >= 0.6 is 11.8 Å². The standard InChI is InChI=1S/C10H12F3N3OS/c11-10(12,13)18-6-4-15-8-9(17)16(5-3-14-8)7-1-2-7/h3,5,7H,1-2,4,6H2,(H,14,15). The zero-order chi connectivity index (χ0) is 13.2. The minimum atomic E-state index is -4.24. The van der Waals surface area contributed by atoms with E-state index in [9.17, 15) is 18.0 Å². The van der Waals surface area contributed by atoms with Gasteiger partial charge in [-0.15, -0.1) is 0 Å². The van der Waals surface area contributed by atoms with Crippen LogP contribution in [-0.2, 0) is 0 Å². The van der Waals surface area contributed by atoms with Crippen LogP contribution in [0.3, 0.4) is 0 Å². The average Bonchev–Trinajstić information content (AvgIpc) is 3.09. The van der Waals surface area contributed by atoms with E-state index in [1.165, 1.54) is 6.20 Å². The van der Waals surface area contributed by atoms with Crippen molar-refractivity contribution in [3.8, 4) is 0 Å². The molecule has 0 atom stereocenters. The third-order valence-corrected chi connectivity index (χ3v) is 3.20. The van der Waals surface area contributed by atoms with Crippen molar-refractivity contribution in [2.45, 2.75) is 24.4 Å². The smallest absolute Gasteiger partial charge is 0.365 e. The number of hydrogen-bond acceptors (Lipinski definition) is 4. The quantitative estimate of drug-likeness (QED) is 0.840. The Kier molecular flexibility index (Phi) is 3.84. The van der Waals surface area contributed by atoms with Crippen LogP contribution < -0.4 is 10.9 Å². The number of hydrogen-bond donors (Lipinski definition) is 1. The largest absolute Gasteiger partial charge is 0.441 e. The summed E-state index contributed by atoms with van der Waals surface area (Å²) in [6.07, 6.45) is 5.02. The lowest BCUT2D eigenvalue weighted by molar-refractivity contribution is -0.0327. The monoisotopic (exact) mass is 279 g/mol. The molecule has 4 nitrogen and oxygen atoms in total. The second-order valence-electron chi connectivity index (χ2n) is 3.94. The van der Waals surface area contributed by atoms with Crippen molar-refractivity contribution >= 4 is 17.6 Å². The third-order valence-electron chi connectivity index (χ3n) is 2.47. The van der Waals surface area contributed by atoms with E-state index in [0.29, 0.717) is 0 Å². The average molecular weight is 279 g/mol. The molecule has 1 aliphatic rings. The van der Waals surface area contributed by atoms with Gasteiger partial charge in [-0.3, -0.25) is 4.79 Å². The number of aromatic nitrogens is 2. The fraction of sp³-hybridized carbons (Fsp3) is 0.600. The molecule has 0 saturated heterocycles. The number of nitrogens with one attached hydrogen (secondary N) is 1. The SMILES string of the molecule is O=c1c(NCCSC(F)(F)F)nccn1C1CC1. The van der Waals surface area contributed by atoms with Gasteiger partial charge in [0.1, 0.15) is 0 Å². The number of alkyl halides is 3. The van der Waals surface area contributed by atoms with Crippen molar-refractivity contribution in [3.63, 3.8) is 0 Å². The van der Waals surface area contributed by atoms with E-state index in [4.69, 9.17) is 0 Å². The minimum absolute atomic E-state index is 0.0566. The van der Waals surface area contributed by atoms with E-state index < -0.39 is 5.51 Å². The molecule has 0 aromatic carbocycles. The second kappa shape index (κ2) is 5.21. The molecule has 0 aliphatic heterocycles. The van der Waals surface area contributed by atoms with Gasteiger partial charge in [-0.2, -0.15) is 13.2 Å². The number of anilines is 1. The first-order chi connectivity index (χ1) is 8.47. The molecule has 0 bridgehead atoms. The maximum Gasteiger partial charge on any atom is 0.441 e. The van der Waals surface area contributed by atoms with Gasteiger partial charge in [0.05, 0.1) is 0 Å². The molecular weight excluding hydrogens is 267 g/mol. The molecule has 0 unspecified atom stereocenters. The number of nitrogens with zero attached hydrogens (tertiary/aromatic N) is 2. The van der Waals surface area contributed by atoms with E-state index in [-0.39, 0.29) is 41.5 Å². The maximum absolute atomic E-state index is 11.9. The van der Waals surface area contributed by atoms with E-state index in [2.05, 4.69) is 10.3 Å². The van der Waals surface area contributed by atoms with Gasteiger partial charge in [-0.25, -0.2) is 4.98 Å². The number of halogens is 3. The Hall–Kier alpha value is -1.18. The van der Waals surface area contributed by atoms with E-state index in [1.54, 1.807) is 10.8 Å². The lowest BCUT2D eigenvalue weighted by atomic mass is 10.5. The molecule has 0 amide bonds. The predicted octanol–water partition coefficient (Wildman–Crippen LogP) is 2.24. The zero-order valence-electron chi connectivity index (χ0n) is 9.41. The summed E-state index contributed by atoms with van der Waals surface area (Å²) in [6, 6.07) is 0.227. The van der Waals surface area contributed by atoms with Crippen LogP contribution in [0.2, 0.25) is 0 Å². The van der Waals surface area contributed by atoms with Crippen LogP contribution in [0.1, 0.15) is 18.9 Å². The van der Waals surface area contributed by atoms with Crippen LogP contribution in [0.15, 0.2) is 17.2 Å².